The molecule has 2 aromatic rings. The summed E-state index contributed by atoms with van der Waals surface area (Å²) in [7, 11) is 0. The van der Waals surface area contributed by atoms with Gasteiger partial charge in [-0.2, -0.15) is 5.10 Å². The normalized spacial score (nSPS) is 12.4. The molecule has 2 rings (SSSR count). The van der Waals surface area contributed by atoms with E-state index in [1.54, 1.807) is 17.1 Å². The Labute approximate surface area is 106 Å². The molecule has 18 heavy (non-hydrogen) atoms. The lowest BCUT2D eigenvalue weighted by molar-refractivity contribution is 0.957. The van der Waals surface area contributed by atoms with Gasteiger partial charge in [-0.3, -0.25) is 0 Å². The van der Waals surface area contributed by atoms with E-state index >= 15 is 0 Å². The maximum absolute atomic E-state index is 5.77. The van der Waals surface area contributed by atoms with Crippen molar-refractivity contribution >= 4 is 16.7 Å². The standard InChI is InChI=1S/C14H16N4/c1-4-7-16-14(11(3)15)18-13-6-5-10(2)8-12(13)9-17-18/h4-9H,3,15H2,1-2H3/b7-4-,16-14?. The van der Waals surface area contributed by atoms with Gasteiger partial charge in [-0.1, -0.05) is 24.3 Å². The van der Waals surface area contributed by atoms with Gasteiger partial charge in [0.1, 0.15) is 0 Å². The van der Waals surface area contributed by atoms with Gasteiger partial charge in [0.05, 0.1) is 17.4 Å². The average Bonchev–Trinajstić information content (AvgIpc) is 2.72. The molecule has 1 aromatic carbocycles. The van der Waals surface area contributed by atoms with E-state index in [-0.39, 0.29) is 0 Å². The molecule has 0 atom stereocenters. The number of aliphatic imine (C=N–C) groups is 1. The van der Waals surface area contributed by atoms with Crippen molar-refractivity contribution < 1.29 is 0 Å². The molecule has 0 aliphatic heterocycles. The molecular weight excluding hydrogens is 224 g/mol. The van der Waals surface area contributed by atoms with E-state index in [0.29, 0.717) is 11.5 Å². The van der Waals surface area contributed by atoms with Crippen molar-refractivity contribution in [2.24, 2.45) is 10.7 Å². The first-order valence-corrected chi connectivity index (χ1v) is 5.72. The molecule has 0 saturated carbocycles. The number of benzene rings is 1. The Morgan fingerprint density at radius 3 is 2.94 bits per heavy atom. The van der Waals surface area contributed by atoms with Crippen LogP contribution >= 0.6 is 0 Å². The van der Waals surface area contributed by atoms with Gasteiger partial charge in [-0.25, -0.2) is 9.67 Å². The number of hydrogen-bond acceptors (Lipinski definition) is 3. The van der Waals surface area contributed by atoms with Crippen molar-refractivity contribution in [1.29, 1.82) is 0 Å². The van der Waals surface area contributed by atoms with Crippen molar-refractivity contribution in [1.82, 2.24) is 9.78 Å². The van der Waals surface area contributed by atoms with Gasteiger partial charge in [0.25, 0.3) is 0 Å². The fraction of sp³-hybridized carbons (Fsp3) is 0.143. The Morgan fingerprint density at radius 2 is 2.28 bits per heavy atom. The molecule has 0 radical (unpaired) electrons. The van der Waals surface area contributed by atoms with Crippen molar-refractivity contribution in [2.75, 3.05) is 0 Å². The minimum Gasteiger partial charge on any atom is -0.396 e. The number of aryl methyl sites for hydroxylation is 1. The Kier molecular flexibility index (Phi) is 3.28. The minimum absolute atomic E-state index is 0.388. The third kappa shape index (κ3) is 2.18. The van der Waals surface area contributed by atoms with Crippen LogP contribution in [0.5, 0.6) is 0 Å². The van der Waals surface area contributed by atoms with Crippen molar-refractivity contribution in [3.63, 3.8) is 0 Å². The van der Waals surface area contributed by atoms with Crippen molar-refractivity contribution in [2.45, 2.75) is 13.8 Å². The summed E-state index contributed by atoms with van der Waals surface area (Å²) >= 11 is 0. The van der Waals surface area contributed by atoms with Crippen LogP contribution in [0.2, 0.25) is 0 Å². The van der Waals surface area contributed by atoms with Crippen LogP contribution in [0.1, 0.15) is 12.5 Å². The predicted molar refractivity (Wildman–Crippen MR) is 75.4 cm³/mol. The molecule has 0 fully saturated rings. The van der Waals surface area contributed by atoms with E-state index in [4.69, 9.17) is 5.73 Å². The smallest absolute Gasteiger partial charge is 0.176 e. The zero-order valence-electron chi connectivity index (χ0n) is 10.6. The molecular formula is C14H16N4. The SMILES string of the molecule is C=C(N)C(=N/C=C\C)n1ncc2cc(C)ccc21. The molecule has 4 heteroatoms. The third-order valence-corrected chi connectivity index (χ3v) is 2.56. The third-order valence-electron chi connectivity index (χ3n) is 2.56. The van der Waals surface area contributed by atoms with E-state index in [9.17, 15) is 0 Å². The number of allylic oxidation sites excluding steroid dienone is 2. The summed E-state index contributed by atoms with van der Waals surface area (Å²) in [5, 5.41) is 5.38. The van der Waals surface area contributed by atoms with Gasteiger partial charge in [0, 0.05) is 11.6 Å². The Hall–Kier alpha value is -2.36. The molecule has 2 N–H and O–H groups in total. The molecule has 1 heterocycles. The van der Waals surface area contributed by atoms with E-state index < -0.39 is 0 Å². The highest BCUT2D eigenvalue weighted by Gasteiger charge is 2.09. The Bertz CT molecular complexity index is 647. The molecule has 1 aromatic heterocycles. The monoisotopic (exact) mass is 240 g/mol. The molecule has 4 nitrogen and oxygen atoms in total. The Balaban J connectivity index is 2.62. The van der Waals surface area contributed by atoms with Crippen LogP contribution in [0.3, 0.4) is 0 Å². The predicted octanol–water partition coefficient (Wildman–Crippen LogP) is 2.60. The number of nitrogens with zero attached hydrogens (tertiary/aromatic N) is 3. The molecule has 0 aliphatic carbocycles. The van der Waals surface area contributed by atoms with Gasteiger partial charge >= 0.3 is 0 Å². The van der Waals surface area contributed by atoms with Crippen molar-refractivity contribution in [3.8, 4) is 0 Å². The zero-order chi connectivity index (χ0) is 13.1. The van der Waals surface area contributed by atoms with Crippen LogP contribution < -0.4 is 5.73 Å². The first-order chi connectivity index (χ1) is 8.63. The summed E-state index contributed by atoms with van der Waals surface area (Å²) in [5.41, 5.74) is 8.32. The molecule has 0 unspecified atom stereocenters. The van der Waals surface area contributed by atoms with E-state index in [0.717, 1.165) is 10.9 Å². The molecule has 0 saturated heterocycles. The molecule has 0 aliphatic rings. The number of fused-ring (bicyclic) bond motifs is 1. The second-order valence-corrected chi connectivity index (χ2v) is 4.08. The lowest BCUT2D eigenvalue weighted by atomic mass is 10.2. The van der Waals surface area contributed by atoms with Crippen LogP contribution in [-0.2, 0) is 0 Å². The summed E-state index contributed by atoms with van der Waals surface area (Å²) in [4.78, 5) is 4.27. The van der Waals surface area contributed by atoms with Crippen LogP contribution in [0.25, 0.3) is 10.9 Å². The van der Waals surface area contributed by atoms with Gasteiger partial charge in [-0.05, 0) is 26.0 Å². The number of aromatic nitrogens is 2. The van der Waals surface area contributed by atoms with Crippen LogP contribution in [0.4, 0.5) is 0 Å². The zero-order valence-corrected chi connectivity index (χ0v) is 10.6. The van der Waals surface area contributed by atoms with Crippen LogP contribution in [-0.4, -0.2) is 15.6 Å². The Morgan fingerprint density at radius 1 is 1.50 bits per heavy atom. The second kappa shape index (κ2) is 4.87. The van der Waals surface area contributed by atoms with Crippen LogP contribution in [0, 0.1) is 6.92 Å². The first kappa shape index (κ1) is 12.1. The van der Waals surface area contributed by atoms with E-state index in [1.807, 2.05) is 32.1 Å². The van der Waals surface area contributed by atoms with Gasteiger partial charge in [0.2, 0.25) is 0 Å². The minimum atomic E-state index is 0.388. The first-order valence-electron chi connectivity index (χ1n) is 5.72. The van der Waals surface area contributed by atoms with Gasteiger partial charge < -0.3 is 5.73 Å². The number of hydrogen-bond donors (Lipinski definition) is 1. The molecule has 92 valence electrons. The highest BCUT2D eigenvalue weighted by molar-refractivity contribution is 6.03. The summed E-state index contributed by atoms with van der Waals surface area (Å²) < 4.78 is 1.71. The van der Waals surface area contributed by atoms with Gasteiger partial charge in [-0.15, -0.1) is 0 Å². The molecule has 0 bridgehead atoms. The summed E-state index contributed by atoms with van der Waals surface area (Å²) in [6, 6.07) is 6.12. The maximum Gasteiger partial charge on any atom is 0.176 e. The van der Waals surface area contributed by atoms with Gasteiger partial charge in [0.15, 0.2) is 5.84 Å². The van der Waals surface area contributed by atoms with Crippen molar-refractivity contribution in [3.05, 3.63) is 54.5 Å². The fourth-order valence-electron chi connectivity index (χ4n) is 1.74. The molecule has 0 spiro atoms. The lowest BCUT2D eigenvalue weighted by Gasteiger charge is -2.06. The topological polar surface area (TPSA) is 56.2 Å². The second-order valence-electron chi connectivity index (χ2n) is 4.08. The highest BCUT2D eigenvalue weighted by Crippen LogP contribution is 2.16. The lowest BCUT2D eigenvalue weighted by Crippen LogP contribution is -2.20. The van der Waals surface area contributed by atoms with Crippen LogP contribution in [0.15, 0.2) is 53.9 Å². The quantitative estimate of drug-likeness (QED) is 0.648. The summed E-state index contributed by atoms with van der Waals surface area (Å²) in [5.74, 6) is 0.548. The number of rotatable bonds is 2. The highest BCUT2D eigenvalue weighted by atomic mass is 15.3. The maximum atomic E-state index is 5.77. The fourth-order valence-corrected chi connectivity index (χ4v) is 1.74. The summed E-state index contributed by atoms with van der Waals surface area (Å²) in [6.45, 7) is 7.68. The average molecular weight is 240 g/mol. The molecule has 0 amide bonds. The van der Waals surface area contributed by atoms with E-state index in [2.05, 4.69) is 22.7 Å². The number of nitrogens with two attached hydrogens (primary N) is 1. The largest absolute Gasteiger partial charge is 0.396 e. The van der Waals surface area contributed by atoms with E-state index in [1.165, 1.54) is 5.56 Å². The summed E-state index contributed by atoms with van der Waals surface area (Å²) in [6.07, 6.45) is 5.31.